The van der Waals surface area contributed by atoms with Crippen molar-refractivity contribution in [1.29, 1.82) is 0 Å². The van der Waals surface area contributed by atoms with Crippen LogP contribution in [0.5, 0.6) is 11.5 Å². The van der Waals surface area contributed by atoms with Gasteiger partial charge in [-0.3, -0.25) is 4.57 Å². The minimum Gasteiger partial charge on any atom is -0.457 e. The third kappa shape index (κ3) is 6.67. The smallest absolute Gasteiger partial charge is 0.137 e. The van der Waals surface area contributed by atoms with E-state index >= 15 is 0 Å². The molecule has 14 rings (SSSR count). The van der Waals surface area contributed by atoms with E-state index in [0.717, 1.165) is 45.9 Å². The molecule has 1 aliphatic heterocycles. The lowest BCUT2D eigenvalue weighted by atomic mass is 9.42. The summed E-state index contributed by atoms with van der Waals surface area (Å²) in [5.41, 5.74) is 12.6. The average molecular weight is 903 g/mol. The van der Waals surface area contributed by atoms with Gasteiger partial charge in [0.15, 0.2) is 0 Å². The van der Waals surface area contributed by atoms with E-state index in [4.69, 9.17) is 9.72 Å². The number of ether oxygens (including phenoxy) is 1. The van der Waals surface area contributed by atoms with Crippen molar-refractivity contribution in [1.82, 2.24) is 9.55 Å². The first-order chi connectivity index (χ1) is 33.4. The van der Waals surface area contributed by atoms with Gasteiger partial charge in [-0.15, -0.1) is 0 Å². The molecule has 0 atom stereocenters. The number of pyridine rings is 1. The van der Waals surface area contributed by atoms with Gasteiger partial charge in [-0.25, -0.2) is 4.98 Å². The van der Waals surface area contributed by atoms with Crippen LogP contribution in [0, 0.1) is 23.7 Å². The minimum atomic E-state index is -0.0677. The highest BCUT2D eigenvalue weighted by molar-refractivity contribution is 6.09. The van der Waals surface area contributed by atoms with Crippen molar-refractivity contribution >= 4 is 55.3 Å². The molecule has 69 heavy (non-hydrogen) atoms. The first kappa shape index (κ1) is 42.3. The van der Waals surface area contributed by atoms with E-state index in [2.05, 4.69) is 226 Å². The molecule has 5 nitrogen and oxygen atoms in total. The molecule has 3 heterocycles. The Morgan fingerprint density at radius 2 is 1.13 bits per heavy atom. The van der Waals surface area contributed by atoms with Crippen LogP contribution in [-0.4, -0.2) is 16.2 Å². The third-order valence-electron chi connectivity index (χ3n) is 16.8. The summed E-state index contributed by atoms with van der Waals surface area (Å²) >= 11 is 0. The van der Waals surface area contributed by atoms with Gasteiger partial charge in [0.2, 0.25) is 0 Å². The van der Waals surface area contributed by atoms with E-state index in [-0.39, 0.29) is 16.2 Å². The van der Waals surface area contributed by atoms with Crippen LogP contribution in [0.15, 0.2) is 170 Å². The Labute approximate surface area is 407 Å². The van der Waals surface area contributed by atoms with Crippen molar-refractivity contribution < 1.29 is 4.74 Å². The number of rotatable bonds is 7. The average Bonchev–Trinajstić information content (AvgIpc) is 3.89. The lowest BCUT2D eigenvalue weighted by Gasteiger charge is -2.62. The molecule has 0 spiro atoms. The third-order valence-corrected chi connectivity index (χ3v) is 16.8. The molecule has 2 aromatic heterocycles. The number of aromatic nitrogens is 2. The highest BCUT2D eigenvalue weighted by atomic mass is 16.5. The fraction of sp³-hybridized carbons (Fsp3) is 0.297. The van der Waals surface area contributed by atoms with Crippen LogP contribution in [0.25, 0.3) is 38.4 Å². The van der Waals surface area contributed by atoms with Crippen LogP contribution < -0.4 is 14.5 Å². The van der Waals surface area contributed by atoms with Gasteiger partial charge in [0.1, 0.15) is 24.0 Å². The zero-order valence-corrected chi connectivity index (χ0v) is 40.9. The molecule has 7 aromatic carbocycles. The van der Waals surface area contributed by atoms with Crippen LogP contribution in [0.2, 0.25) is 0 Å². The van der Waals surface area contributed by atoms with Gasteiger partial charge in [0.25, 0.3) is 0 Å². The fourth-order valence-corrected chi connectivity index (χ4v) is 14.2. The monoisotopic (exact) mass is 902 g/mol. The molecule has 4 bridgehead atoms. The normalized spacial score (nSPS) is 22.0. The van der Waals surface area contributed by atoms with Gasteiger partial charge < -0.3 is 14.5 Å². The van der Waals surface area contributed by atoms with Crippen molar-refractivity contribution in [2.24, 2.45) is 23.7 Å². The Balaban J connectivity index is 0.890. The number of anilines is 4. The molecule has 4 saturated carbocycles. The summed E-state index contributed by atoms with van der Waals surface area (Å²) in [5, 5.41) is 5.14. The second-order valence-electron chi connectivity index (χ2n) is 22.9. The van der Waals surface area contributed by atoms with Gasteiger partial charge in [0, 0.05) is 40.2 Å². The van der Waals surface area contributed by atoms with E-state index in [1.165, 1.54) is 93.0 Å². The van der Waals surface area contributed by atoms with Crippen molar-refractivity contribution in [2.75, 3.05) is 16.5 Å². The molecule has 5 heteroatoms. The Morgan fingerprint density at radius 3 is 1.87 bits per heavy atom. The first-order valence-corrected chi connectivity index (χ1v) is 25.5. The molecular weight excluding hydrogens is 841 g/mol. The maximum atomic E-state index is 6.92. The SMILES string of the molecule is CC(C)(C)c1cccc(C(C)(C)C)c1N1CN(c2cccc(Oc3ccc4c5ccccc5n(-c5cc(C6(c7cccc8ccccc78)C7CC8CC(C7)CC6C8)ccn5)c4c3)c2)c2ccccc21. The fourth-order valence-electron chi connectivity index (χ4n) is 14.2. The Bertz CT molecular complexity index is 3410. The lowest BCUT2D eigenvalue weighted by Crippen LogP contribution is -2.56. The van der Waals surface area contributed by atoms with Crippen LogP contribution in [-0.2, 0) is 16.2 Å². The van der Waals surface area contributed by atoms with Gasteiger partial charge >= 0.3 is 0 Å². The molecule has 9 aromatic rings. The number of nitrogens with zero attached hydrogens (tertiary/aromatic N) is 4. The van der Waals surface area contributed by atoms with E-state index in [1.807, 2.05) is 0 Å². The molecule has 0 unspecified atom stereocenters. The quantitative estimate of drug-likeness (QED) is 0.160. The lowest BCUT2D eigenvalue weighted by molar-refractivity contribution is -0.0412. The van der Waals surface area contributed by atoms with Crippen LogP contribution in [0.3, 0.4) is 0 Å². The second-order valence-corrected chi connectivity index (χ2v) is 22.9. The van der Waals surface area contributed by atoms with Crippen LogP contribution >= 0.6 is 0 Å². The van der Waals surface area contributed by atoms with Crippen molar-refractivity contribution in [3.05, 3.63) is 192 Å². The Kier molecular flexibility index (Phi) is 9.55. The number of hydrogen-bond acceptors (Lipinski definition) is 4. The zero-order valence-electron chi connectivity index (χ0n) is 40.9. The Morgan fingerprint density at radius 1 is 0.522 bits per heavy atom. The maximum Gasteiger partial charge on any atom is 0.137 e. The summed E-state index contributed by atoms with van der Waals surface area (Å²) in [6.07, 6.45) is 8.78. The van der Waals surface area contributed by atoms with Gasteiger partial charge in [-0.1, -0.05) is 139 Å². The van der Waals surface area contributed by atoms with E-state index in [9.17, 15) is 0 Å². The summed E-state index contributed by atoms with van der Waals surface area (Å²) in [7, 11) is 0. The van der Waals surface area contributed by atoms with Gasteiger partial charge in [-0.05, 0) is 154 Å². The van der Waals surface area contributed by atoms with Crippen LogP contribution in [0.4, 0.5) is 22.7 Å². The molecule has 5 aliphatic rings. The predicted octanol–water partition coefficient (Wildman–Crippen LogP) is 16.7. The number of hydrogen-bond donors (Lipinski definition) is 0. The molecule has 4 fully saturated rings. The molecule has 0 N–H and O–H groups in total. The summed E-state index contributed by atoms with van der Waals surface area (Å²) in [5.74, 6) is 5.49. The highest BCUT2D eigenvalue weighted by Crippen LogP contribution is 2.66. The van der Waals surface area contributed by atoms with Gasteiger partial charge in [-0.2, -0.15) is 0 Å². The molecule has 0 amide bonds. The maximum absolute atomic E-state index is 6.92. The van der Waals surface area contributed by atoms with Crippen molar-refractivity contribution in [2.45, 2.75) is 89.9 Å². The summed E-state index contributed by atoms with van der Waals surface area (Å²) in [4.78, 5) is 10.2. The standard InChI is InChI=1S/C64H62N4O/c1-62(2,3)54-23-15-24-55(63(4,5)6)61(54)67-40-66(57-26-11-12-27-58(57)67)47-18-14-19-48(38-47)69-49-28-29-52-51-21-9-10-25-56(51)68(59(52)39-49)60-37-44(30-31-65-60)64(45-33-41-32-42(35-45)36-46(64)34-41)53-22-13-17-43-16-7-8-20-50(43)53/h7-31,37-39,41-42,45-46H,32-36,40H2,1-6H3. The number of fused-ring (bicyclic) bond motifs is 5. The zero-order chi connectivity index (χ0) is 46.8. The Hall–Kier alpha value is -6.85. The molecule has 344 valence electrons. The van der Waals surface area contributed by atoms with E-state index < -0.39 is 0 Å². The first-order valence-electron chi connectivity index (χ1n) is 25.5. The largest absolute Gasteiger partial charge is 0.457 e. The summed E-state index contributed by atoms with van der Waals surface area (Å²) < 4.78 is 9.31. The summed E-state index contributed by atoms with van der Waals surface area (Å²) in [6.45, 7) is 14.7. The number of para-hydroxylation sites is 4. The molecule has 0 radical (unpaired) electrons. The van der Waals surface area contributed by atoms with E-state index in [0.29, 0.717) is 18.5 Å². The topological polar surface area (TPSA) is 33.5 Å². The minimum absolute atomic E-state index is 0.0349. The highest BCUT2D eigenvalue weighted by Gasteiger charge is 2.59. The predicted molar refractivity (Wildman–Crippen MR) is 286 cm³/mol. The van der Waals surface area contributed by atoms with E-state index in [1.54, 1.807) is 0 Å². The molecular formula is C64H62N4O. The van der Waals surface area contributed by atoms with Gasteiger partial charge in [0.05, 0.1) is 28.1 Å². The molecule has 0 saturated heterocycles. The van der Waals surface area contributed by atoms with Crippen molar-refractivity contribution in [3.8, 4) is 17.3 Å². The van der Waals surface area contributed by atoms with Crippen LogP contribution in [0.1, 0.15) is 95.9 Å². The van der Waals surface area contributed by atoms with Crippen molar-refractivity contribution in [3.63, 3.8) is 0 Å². The summed E-state index contributed by atoms with van der Waals surface area (Å²) in [6, 6.07) is 60.7. The number of benzene rings is 7. The molecule has 4 aliphatic carbocycles. The second kappa shape index (κ2) is 15.6.